The first-order valence-corrected chi connectivity index (χ1v) is 16.6. The van der Waals surface area contributed by atoms with Crippen LogP contribution in [0.25, 0.3) is 0 Å². The van der Waals surface area contributed by atoms with Crippen LogP contribution in [0.5, 0.6) is 0 Å². The first kappa shape index (κ1) is 30.9. The molecule has 228 valence electrons. The van der Waals surface area contributed by atoms with Crippen molar-refractivity contribution >= 4 is 29.5 Å². The van der Waals surface area contributed by atoms with Crippen molar-refractivity contribution in [3.05, 3.63) is 61.2 Å². The van der Waals surface area contributed by atoms with Crippen LogP contribution in [0.4, 0.5) is 0 Å². The summed E-state index contributed by atoms with van der Waals surface area (Å²) in [6, 6.07) is 8.82. The van der Waals surface area contributed by atoms with Gasteiger partial charge >= 0.3 is 0 Å². The molecule has 3 amide bonds. The van der Waals surface area contributed by atoms with Gasteiger partial charge in [0.2, 0.25) is 17.7 Å². The van der Waals surface area contributed by atoms with Crippen LogP contribution in [-0.2, 0) is 20.9 Å². The van der Waals surface area contributed by atoms with Gasteiger partial charge in [-0.1, -0.05) is 75.6 Å². The molecule has 6 atom stereocenters. The highest BCUT2D eigenvalue weighted by atomic mass is 32.2. The summed E-state index contributed by atoms with van der Waals surface area (Å²) in [6.07, 6.45) is 10.3. The zero-order valence-corrected chi connectivity index (χ0v) is 26.0. The summed E-state index contributed by atoms with van der Waals surface area (Å²) in [5.74, 6) is -1.35. The third kappa shape index (κ3) is 5.34. The van der Waals surface area contributed by atoms with Crippen LogP contribution in [0.2, 0.25) is 0 Å². The molecule has 3 heterocycles. The van der Waals surface area contributed by atoms with E-state index >= 15 is 0 Å². The van der Waals surface area contributed by atoms with Crippen molar-refractivity contribution in [1.82, 2.24) is 14.7 Å². The van der Waals surface area contributed by atoms with E-state index in [0.29, 0.717) is 19.6 Å². The summed E-state index contributed by atoms with van der Waals surface area (Å²) in [6.45, 7) is 12.9. The maximum atomic E-state index is 14.8. The number of amides is 3. The zero-order chi connectivity index (χ0) is 30.0. The summed E-state index contributed by atoms with van der Waals surface area (Å²) in [4.78, 5) is 49.3. The van der Waals surface area contributed by atoms with Gasteiger partial charge < -0.3 is 19.8 Å². The first-order valence-electron chi connectivity index (χ1n) is 15.7. The molecule has 1 aromatic rings. The molecule has 5 rings (SSSR count). The fourth-order valence-electron chi connectivity index (χ4n) is 8.14. The molecule has 1 aromatic carbocycles. The normalized spacial score (nSPS) is 29.4. The zero-order valence-electron chi connectivity index (χ0n) is 25.2. The molecule has 0 aromatic heterocycles. The molecule has 0 radical (unpaired) electrons. The number of rotatable bonds is 12. The summed E-state index contributed by atoms with van der Waals surface area (Å²) in [7, 11) is 0. The Morgan fingerprint density at radius 1 is 1.07 bits per heavy atom. The molecule has 1 N–H and O–H groups in total. The fraction of sp³-hybridized carbons (Fsp3) is 0.618. The molecule has 2 unspecified atom stereocenters. The van der Waals surface area contributed by atoms with Crippen LogP contribution >= 0.6 is 11.8 Å². The Kier molecular flexibility index (Phi) is 9.53. The Morgan fingerprint density at radius 2 is 1.76 bits per heavy atom. The third-order valence-corrected chi connectivity index (χ3v) is 12.0. The standard InChI is InChI=1S/C34H47N3O4S/c1-5-19-35(21-24-13-9-7-10-14-24)31(39)28-27-17-18-34(42-27)29(28)32(40)37(26(22-38)23(3)4)30(34)33(41)36(20-6-2)25-15-11-8-12-16-25/h5-7,9-10,13-14,23,25-30,38H,1-2,8,11-12,15-22H2,3-4H3/t26-,27+,28-,29-,30?,34?/m0/s1. The van der Waals surface area contributed by atoms with E-state index in [0.717, 1.165) is 44.1 Å². The summed E-state index contributed by atoms with van der Waals surface area (Å²) < 4.78 is -0.678. The maximum absolute atomic E-state index is 14.8. The fourth-order valence-corrected chi connectivity index (χ4v) is 10.3. The quantitative estimate of drug-likeness (QED) is 0.357. The molecule has 1 spiro atoms. The molecule has 8 heteroatoms. The molecule has 4 fully saturated rings. The van der Waals surface area contributed by atoms with Crippen molar-refractivity contribution in [2.45, 2.75) is 93.5 Å². The van der Waals surface area contributed by atoms with Gasteiger partial charge in [0.05, 0.1) is 29.2 Å². The number of aliphatic hydroxyl groups is 1. The van der Waals surface area contributed by atoms with Gasteiger partial charge in [0, 0.05) is 30.9 Å². The van der Waals surface area contributed by atoms with Crippen LogP contribution in [0.1, 0.15) is 64.4 Å². The number of carbonyl (C=O) groups is 3. The van der Waals surface area contributed by atoms with E-state index in [9.17, 15) is 19.5 Å². The molecule has 3 saturated heterocycles. The van der Waals surface area contributed by atoms with E-state index in [2.05, 4.69) is 13.2 Å². The largest absolute Gasteiger partial charge is 0.394 e. The van der Waals surface area contributed by atoms with Crippen molar-refractivity contribution in [3.63, 3.8) is 0 Å². The maximum Gasteiger partial charge on any atom is 0.247 e. The lowest BCUT2D eigenvalue weighted by molar-refractivity contribution is -0.149. The first-order chi connectivity index (χ1) is 20.3. The molecule has 42 heavy (non-hydrogen) atoms. The second-order valence-electron chi connectivity index (χ2n) is 12.9. The highest BCUT2D eigenvalue weighted by Gasteiger charge is 2.74. The predicted molar refractivity (Wildman–Crippen MR) is 168 cm³/mol. The monoisotopic (exact) mass is 593 g/mol. The molecule has 2 bridgehead atoms. The Morgan fingerprint density at radius 3 is 2.38 bits per heavy atom. The predicted octanol–water partition coefficient (Wildman–Crippen LogP) is 4.66. The lowest BCUT2D eigenvalue weighted by atomic mass is 9.70. The lowest BCUT2D eigenvalue weighted by Gasteiger charge is -2.43. The Balaban J connectivity index is 1.53. The van der Waals surface area contributed by atoms with Gasteiger partial charge in [0.1, 0.15) is 6.04 Å². The minimum Gasteiger partial charge on any atom is -0.394 e. The number of fused-ring (bicyclic) bond motifs is 1. The topological polar surface area (TPSA) is 81.2 Å². The smallest absolute Gasteiger partial charge is 0.247 e. The number of thioether (sulfide) groups is 1. The van der Waals surface area contributed by atoms with Gasteiger partial charge in [-0.25, -0.2) is 0 Å². The Hall–Kier alpha value is -2.58. The van der Waals surface area contributed by atoms with E-state index < -0.39 is 28.7 Å². The van der Waals surface area contributed by atoms with E-state index in [1.54, 1.807) is 28.8 Å². The SMILES string of the molecule is C=CCN(Cc1ccccc1)C(=O)[C@@H]1[C@H]2C(=O)N([C@@H](CO)C(C)C)C(C(=O)N(CC=C)C3CCCCC3)C23CC[C@H]1S3. The average molecular weight is 594 g/mol. The number of hydrogen-bond acceptors (Lipinski definition) is 5. The van der Waals surface area contributed by atoms with Crippen molar-refractivity contribution in [3.8, 4) is 0 Å². The molecular weight excluding hydrogens is 546 g/mol. The number of nitrogens with zero attached hydrogens (tertiary/aromatic N) is 3. The molecule has 4 aliphatic rings. The number of hydrogen-bond donors (Lipinski definition) is 1. The van der Waals surface area contributed by atoms with Gasteiger partial charge in [-0.05, 0) is 37.2 Å². The van der Waals surface area contributed by atoms with Gasteiger partial charge in [0.25, 0.3) is 0 Å². The van der Waals surface area contributed by atoms with Gasteiger partial charge in [-0.3, -0.25) is 14.4 Å². The van der Waals surface area contributed by atoms with E-state index in [-0.39, 0.29) is 41.5 Å². The van der Waals surface area contributed by atoms with Gasteiger partial charge in [-0.2, -0.15) is 0 Å². The molecule has 1 aliphatic carbocycles. The summed E-state index contributed by atoms with van der Waals surface area (Å²) >= 11 is 1.70. The summed E-state index contributed by atoms with van der Waals surface area (Å²) in [5.41, 5.74) is 1.03. The lowest BCUT2D eigenvalue weighted by Crippen LogP contribution is -2.60. The van der Waals surface area contributed by atoms with E-state index in [1.807, 2.05) is 54.0 Å². The van der Waals surface area contributed by atoms with Crippen LogP contribution in [-0.4, -0.2) is 85.3 Å². The highest BCUT2D eigenvalue weighted by molar-refractivity contribution is 8.02. The van der Waals surface area contributed by atoms with Crippen molar-refractivity contribution in [2.24, 2.45) is 17.8 Å². The number of carbonyl (C=O) groups excluding carboxylic acids is 3. The van der Waals surface area contributed by atoms with Crippen LogP contribution in [0, 0.1) is 17.8 Å². The Bertz CT molecular complexity index is 1170. The minimum atomic E-state index is -0.703. The number of likely N-dealkylation sites (tertiary alicyclic amines) is 1. The van der Waals surface area contributed by atoms with Crippen LogP contribution in [0.15, 0.2) is 55.6 Å². The van der Waals surface area contributed by atoms with Crippen molar-refractivity contribution in [1.29, 1.82) is 0 Å². The Labute approximate surface area is 255 Å². The minimum absolute atomic E-state index is 0.0128. The molecule has 1 saturated carbocycles. The van der Waals surface area contributed by atoms with Crippen molar-refractivity contribution in [2.75, 3.05) is 19.7 Å². The average Bonchev–Trinajstić information content (AvgIpc) is 3.64. The molecule has 7 nitrogen and oxygen atoms in total. The second kappa shape index (κ2) is 13.0. The molecular formula is C34H47N3O4S. The van der Waals surface area contributed by atoms with E-state index in [1.165, 1.54) is 6.42 Å². The van der Waals surface area contributed by atoms with Gasteiger partial charge in [0.15, 0.2) is 0 Å². The second-order valence-corrected chi connectivity index (χ2v) is 14.5. The van der Waals surface area contributed by atoms with Crippen molar-refractivity contribution < 1.29 is 19.5 Å². The van der Waals surface area contributed by atoms with Gasteiger partial charge in [-0.15, -0.1) is 24.9 Å². The van der Waals surface area contributed by atoms with E-state index in [4.69, 9.17) is 0 Å². The van der Waals surface area contributed by atoms with Crippen LogP contribution in [0.3, 0.4) is 0 Å². The number of aliphatic hydroxyl groups excluding tert-OH is 1. The molecule has 3 aliphatic heterocycles. The summed E-state index contributed by atoms with van der Waals surface area (Å²) in [5, 5.41) is 10.6. The highest BCUT2D eigenvalue weighted by Crippen LogP contribution is 2.67. The van der Waals surface area contributed by atoms with Crippen LogP contribution < -0.4 is 0 Å². The third-order valence-electron chi connectivity index (χ3n) is 10.1. The number of benzene rings is 1.